The topological polar surface area (TPSA) is 59.0 Å². The van der Waals surface area contributed by atoms with Crippen LogP contribution in [-0.4, -0.2) is 35.1 Å². The highest BCUT2D eigenvalue weighted by molar-refractivity contribution is 6.36. The molecule has 4 saturated carbocycles. The lowest BCUT2D eigenvalue weighted by Gasteiger charge is -2.59. The number of aryl methyl sites for hydroxylation is 1. The molecule has 5 aliphatic rings. The first-order valence-electron chi connectivity index (χ1n) is 12.1. The van der Waals surface area contributed by atoms with Crippen LogP contribution in [0.5, 0.6) is 0 Å². The summed E-state index contributed by atoms with van der Waals surface area (Å²) in [6, 6.07) is 1.76. The zero-order chi connectivity index (χ0) is 21.2. The standard InChI is InChI=1S/C21H24ClN3O.C4H9N/c1-25-10-15(17-16(22)2-3-23-18(17)25)19(26)24-11-20-6-13-4-12-5-14(9-20)21(20,7-12)8-13;1-2-4-5-3-1/h2-3,10,12-14H,4-9,11H2,1H3,(H,24,26);5H,1-4H2. The lowest BCUT2D eigenvalue weighted by Crippen LogP contribution is -2.57. The molecule has 1 amide bonds. The van der Waals surface area contributed by atoms with Crippen molar-refractivity contribution in [1.29, 1.82) is 0 Å². The average molecular weight is 441 g/mol. The molecule has 1 saturated heterocycles. The van der Waals surface area contributed by atoms with Gasteiger partial charge in [-0.3, -0.25) is 4.79 Å². The van der Waals surface area contributed by atoms with Crippen molar-refractivity contribution in [3.8, 4) is 0 Å². The Kier molecular flexibility index (Phi) is 4.66. The van der Waals surface area contributed by atoms with Gasteiger partial charge in [0.15, 0.2) is 0 Å². The van der Waals surface area contributed by atoms with Crippen LogP contribution in [0, 0.1) is 28.6 Å². The minimum atomic E-state index is -0.00396. The van der Waals surface area contributed by atoms with Crippen molar-refractivity contribution >= 4 is 28.5 Å². The molecule has 5 fully saturated rings. The molecule has 166 valence electrons. The van der Waals surface area contributed by atoms with E-state index in [1.807, 2.05) is 17.8 Å². The van der Waals surface area contributed by atoms with E-state index in [2.05, 4.69) is 15.6 Å². The van der Waals surface area contributed by atoms with Crippen LogP contribution in [-0.2, 0) is 7.05 Å². The van der Waals surface area contributed by atoms with Crippen LogP contribution in [0.25, 0.3) is 11.0 Å². The minimum Gasteiger partial charge on any atom is -0.351 e. The van der Waals surface area contributed by atoms with E-state index < -0.39 is 0 Å². The maximum Gasteiger partial charge on any atom is 0.253 e. The first kappa shape index (κ1) is 20.0. The van der Waals surface area contributed by atoms with Gasteiger partial charge in [0.2, 0.25) is 0 Å². The molecule has 1 spiro atoms. The number of nitrogens with one attached hydrogen (secondary N) is 2. The number of amides is 1. The quantitative estimate of drug-likeness (QED) is 0.736. The second-order valence-electron chi connectivity index (χ2n) is 10.9. The van der Waals surface area contributed by atoms with Crippen LogP contribution < -0.4 is 10.6 Å². The predicted octanol–water partition coefficient (Wildman–Crippen LogP) is 4.54. The zero-order valence-electron chi connectivity index (χ0n) is 18.4. The second kappa shape index (κ2) is 7.21. The number of rotatable bonds is 3. The molecular weight excluding hydrogens is 408 g/mol. The number of hydrogen-bond acceptors (Lipinski definition) is 3. The van der Waals surface area contributed by atoms with Gasteiger partial charge in [0.05, 0.1) is 16.0 Å². The van der Waals surface area contributed by atoms with Crippen LogP contribution in [0.3, 0.4) is 0 Å². The third-order valence-electron chi connectivity index (χ3n) is 9.34. The second-order valence-corrected chi connectivity index (χ2v) is 11.3. The van der Waals surface area contributed by atoms with Crippen LogP contribution in [0.1, 0.15) is 61.7 Å². The van der Waals surface area contributed by atoms with Crippen molar-refractivity contribution in [3.63, 3.8) is 0 Å². The lowest BCUT2D eigenvalue weighted by molar-refractivity contribution is -0.0960. The molecule has 3 heterocycles. The molecule has 0 aromatic carbocycles. The fraction of sp³-hybridized carbons (Fsp3) is 0.680. The van der Waals surface area contributed by atoms with Gasteiger partial charge in [-0.2, -0.15) is 0 Å². The van der Waals surface area contributed by atoms with Crippen molar-refractivity contribution in [2.24, 2.45) is 35.6 Å². The molecule has 2 aromatic heterocycles. The predicted molar refractivity (Wildman–Crippen MR) is 123 cm³/mol. The van der Waals surface area contributed by atoms with Crippen LogP contribution >= 0.6 is 11.6 Å². The van der Waals surface area contributed by atoms with Crippen LogP contribution in [0.4, 0.5) is 0 Å². The Morgan fingerprint density at radius 3 is 2.81 bits per heavy atom. The minimum absolute atomic E-state index is 0.00396. The van der Waals surface area contributed by atoms with Gasteiger partial charge in [-0.25, -0.2) is 4.98 Å². The Balaban J connectivity index is 0.000000329. The Hall–Kier alpha value is -1.59. The normalized spacial score (nSPS) is 36.8. The molecule has 5 atom stereocenters. The maximum absolute atomic E-state index is 13.0. The molecule has 31 heavy (non-hydrogen) atoms. The summed E-state index contributed by atoms with van der Waals surface area (Å²) in [7, 11) is 1.91. The molecule has 1 aliphatic heterocycles. The van der Waals surface area contributed by atoms with Gasteiger partial charge in [0, 0.05) is 26.0 Å². The Bertz CT molecular complexity index is 1020. The monoisotopic (exact) mass is 440 g/mol. The molecule has 0 radical (unpaired) electrons. The van der Waals surface area contributed by atoms with Crippen molar-refractivity contribution < 1.29 is 4.79 Å². The van der Waals surface area contributed by atoms with Gasteiger partial charge >= 0.3 is 0 Å². The summed E-state index contributed by atoms with van der Waals surface area (Å²) in [5, 5.41) is 7.89. The smallest absolute Gasteiger partial charge is 0.253 e. The molecule has 4 aliphatic carbocycles. The number of halogens is 1. The van der Waals surface area contributed by atoms with Gasteiger partial charge in [0.1, 0.15) is 5.65 Å². The highest BCUT2D eigenvalue weighted by Gasteiger charge is 2.73. The zero-order valence-corrected chi connectivity index (χ0v) is 19.2. The van der Waals surface area contributed by atoms with E-state index in [9.17, 15) is 4.79 Å². The molecule has 3 bridgehead atoms. The fourth-order valence-corrected chi connectivity index (χ4v) is 8.54. The Morgan fingerprint density at radius 2 is 2.03 bits per heavy atom. The first-order chi connectivity index (χ1) is 15.0. The summed E-state index contributed by atoms with van der Waals surface area (Å²) in [6.45, 7) is 3.33. The SMILES string of the molecule is C1CCNC1.Cn1cc(C(=O)NCC23CC4CC5CC(C2)C3(C5)C4)c2c(Cl)ccnc21. The van der Waals surface area contributed by atoms with E-state index in [0.717, 1.165) is 35.3 Å². The lowest BCUT2D eigenvalue weighted by atomic mass is 9.46. The third-order valence-corrected chi connectivity index (χ3v) is 9.65. The number of carbonyl (C=O) groups is 1. The van der Waals surface area contributed by atoms with E-state index >= 15 is 0 Å². The van der Waals surface area contributed by atoms with Crippen molar-refractivity contribution in [2.75, 3.05) is 19.6 Å². The molecule has 2 N–H and O–H groups in total. The van der Waals surface area contributed by atoms with E-state index in [0.29, 0.717) is 21.4 Å². The van der Waals surface area contributed by atoms with Gasteiger partial charge in [-0.05, 0) is 99.1 Å². The maximum atomic E-state index is 13.0. The largest absolute Gasteiger partial charge is 0.351 e. The summed E-state index contributed by atoms with van der Waals surface area (Å²) in [5.74, 6) is 2.82. The summed E-state index contributed by atoms with van der Waals surface area (Å²) < 4.78 is 1.89. The van der Waals surface area contributed by atoms with Crippen molar-refractivity contribution in [3.05, 3.63) is 29.0 Å². The molecule has 7 rings (SSSR count). The number of pyridine rings is 1. The molecule has 5 unspecified atom stereocenters. The summed E-state index contributed by atoms with van der Waals surface area (Å²) in [4.78, 5) is 17.4. The van der Waals surface area contributed by atoms with Crippen molar-refractivity contribution in [2.45, 2.75) is 51.4 Å². The number of hydrogen-bond donors (Lipinski definition) is 2. The Labute approximate surface area is 189 Å². The van der Waals surface area contributed by atoms with Gasteiger partial charge in [0.25, 0.3) is 5.91 Å². The molecule has 6 heteroatoms. The van der Waals surface area contributed by atoms with Gasteiger partial charge in [-0.1, -0.05) is 11.6 Å². The third kappa shape index (κ3) is 2.92. The molecular formula is C25H33ClN4O. The highest BCUT2D eigenvalue weighted by atomic mass is 35.5. The molecule has 5 nitrogen and oxygen atoms in total. The fourth-order valence-electron chi connectivity index (χ4n) is 8.30. The van der Waals surface area contributed by atoms with Crippen molar-refractivity contribution in [1.82, 2.24) is 20.2 Å². The summed E-state index contributed by atoms with van der Waals surface area (Å²) in [5.41, 5.74) is 2.34. The number of nitrogens with zero attached hydrogens (tertiary/aromatic N) is 2. The average Bonchev–Trinajstić information content (AvgIpc) is 3.49. The summed E-state index contributed by atoms with van der Waals surface area (Å²) >= 11 is 6.37. The van der Waals surface area contributed by atoms with E-state index in [1.54, 1.807) is 12.3 Å². The number of carbonyl (C=O) groups excluding carboxylic acids is 1. The van der Waals surface area contributed by atoms with Gasteiger partial charge < -0.3 is 15.2 Å². The number of aromatic nitrogens is 2. The highest BCUT2D eigenvalue weighted by Crippen LogP contribution is 2.81. The van der Waals surface area contributed by atoms with E-state index in [4.69, 9.17) is 11.6 Å². The first-order valence-corrected chi connectivity index (χ1v) is 12.5. The van der Waals surface area contributed by atoms with E-state index in [-0.39, 0.29) is 5.91 Å². The van der Waals surface area contributed by atoms with Crippen LogP contribution in [0.15, 0.2) is 18.5 Å². The Morgan fingerprint density at radius 1 is 1.23 bits per heavy atom. The van der Waals surface area contributed by atoms with Crippen LogP contribution in [0.2, 0.25) is 5.02 Å². The summed E-state index contributed by atoms with van der Waals surface area (Å²) in [6.07, 6.45) is 14.7. The van der Waals surface area contributed by atoms with Gasteiger partial charge in [-0.15, -0.1) is 0 Å². The number of fused-ring (bicyclic) bond motifs is 3. The molecule has 2 aromatic rings. The van der Waals surface area contributed by atoms with E-state index in [1.165, 1.54) is 64.5 Å².